The van der Waals surface area contributed by atoms with Crippen LogP contribution in [0.1, 0.15) is 55.8 Å². The molecule has 7 heteroatoms. The molecule has 0 saturated heterocycles. The molecule has 1 N–H and O–H groups in total. The number of fused-ring (bicyclic) bond motifs is 1. The number of rotatable bonds is 7. The van der Waals surface area contributed by atoms with Crippen LogP contribution in [0.5, 0.6) is 5.75 Å². The van der Waals surface area contributed by atoms with E-state index in [9.17, 15) is 4.79 Å². The van der Waals surface area contributed by atoms with Gasteiger partial charge in [0.15, 0.2) is 11.5 Å². The Balaban J connectivity index is 1.90. The third kappa shape index (κ3) is 4.47. The van der Waals surface area contributed by atoms with Crippen molar-refractivity contribution in [2.24, 2.45) is 0 Å². The minimum atomic E-state index is -0.240. The van der Waals surface area contributed by atoms with Gasteiger partial charge in [0.25, 0.3) is 5.91 Å². The molecule has 142 valence electrons. The number of halogens is 1. The van der Waals surface area contributed by atoms with Crippen molar-refractivity contribution in [1.29, 1.82) is 0 Å². The van der Waals surface area contributed by atoms with Crippen LogP contribution in [-0.4, -0.2) is 26.6 Å². The first kappa shape index (κ1) is 19.4. The van der Waals surface area contributed by atoms with Gasteiger partial charge in [0.2, 0.25) is 0 Å². The molecule has 2 heterocycles. The molecule has 3 aromatic rings. The molecule has 0 saturated carbocycles. The summed E-state index contributed by atoms with van der Waals surface area (Å²) in [5.74, 6) is 1.09. The summed E-state index contributed by atoms with van der Waals surface area (Å²) >= 11 is 3.44. The van der Waals surface area contributed by atoms with Crippen LogP contribution in [0.25, 0.3) is 5.65 Å². The molecule has 0 aliphatic carbocycles. The van der Waals surface area contributed by atoms with Crippen molar-refractivity contribution in [3.05, 3.63) is 58.5 Å². The molecular formula is C20H23BrN4O2. The number of hydrogen-bond acceptors (Lipinski definition) is 4. The monoisotopic (exact) mass is 430 g/mol. The van der Waals surface area contributed by atoms with E-state index in [2.05, 4.69) is 38.4 Å². The van der Waals surface area contributed by atoms with Crippen LogP contribution in [0.4, 0.5) is 0 Å². The molecule has 2 aromatic heterocycles. The maximum Gasteiger partial charge on any atom is 0.255 e. The number of nitrogens with zero attached hydrogens (tertiary/aromatic N) is 3. The highest BCUT2D eigenvalue weighted by molar-refractivity contribution is 9.10. The molecule has 3 rings (SSSR count). The number of carbonyl (C=O) groups excluding carboxylic acids is 1. The quantitative estimate of drug-likeness (QED) is 0.596. The van der Waals surface area contributed by atoms with E-state index in [4.69, 9.17) is 4.74 Å². The SMILES string of the molecule is CCCC(NC(=O)c1ccc(Br)cc1OC(C)C)c1nnc2ccccn12. The topological polar surface area (TPSA) is 68.5 Å². The Morgan fingerprint density at radius 1 is 1.26 bits per heavy atom. The number of ether oxygens (including phenoxy) is 1. The number of carbonyl (C=O) groups is 1. The van der Waals surface area contributed by atoms with Gasteiger partial charge in [0.1, 0.15) is 5.75 Å². The summed E-state index contributed by atoms with van der Waals surface area (Å²) < 4.78 is 8.60. The second-order valence-corrected chi connectivity index (χ2v) is 7.52. The first-order chi connectivity index (χ1) is 13.0. The smallest absolute Gasteiger partial charge is 0.255 e. The lowest BCUT2D eigenvalue weighted by Crippen LogP contribution is -2.30. The Labute approximate surface area is 167 Å². The Morgan fingerprint density at radius 2 is 2.07 bits per heavy atom. The van der Waals surface area contributed by atoms with Gasteiger partial charge in [-0.2, -0.15) is 0 Å². The van der Waals surface area contributed by atoms with E-state index in [1.807, 2.05) is 54.8 Å². The molecular weight excluding hydrogens is 408 g/mol. The lowest BCUT2D eigenvalue weighted by molar-refractivity contribution is 0.0926. The average Bonchev–Trinajstić information content (AvgIpc) is 3.05. The van der Waals surface area contributed by atoms with E-state index in [0.29, 0.717) is 11.3 Å². The van der Waals surface area contributed by atoms with Gasteiger partial charge in [-0.3, -0.25) is 9.20 Å². The van der Waals surface area contributed by atoms with Gasteiger partial charge < -0.3 is 10.1 Å². The molecule has 0 radical (unpaired) electrons. The highest BCUT2D eigenvalue weighted by Crippen LogP contribution is 2.26. The van der Waals surface area contributed by atoms with Crippen molar-refractivity contribution in [2.45, 2.75) is 45.8 Å². The Kier molecular flexibility index (Phi) is 6.11. The predicted molar refractivity (Wildman–Crippen MR) is 108 cm³/mol. The minimum Gasteiger partial charge on any atom is -0.490 e. The maximum atomic E-state index is 13.0. The van der Waals surface area contributed by atoms with Gasteiger partial charge in [0.05, 0.1) is 17.7 Å². The van der Waals surface area contributed by atoms with Gasteiger partial charge in [-0.05, 0) is 50.6 Å². The van der Waals surface area contributed by atoms with Gasteiger partial charge in [-0.25, -0.2) is 0 Å². The lowest BCUT2D eigenvalue weighted by Gasteiger charge is -2.19. The summed E-state index contributed by atoms with van der Waals surface area (Å²) in [5, 5.41) is 11.6. The van der Waals surface area contributed by atoms with Crippen molar-refractivity contribution in [3.8, 4) is 5.75 Å². The Hall–Kier alpha value is -2.41. The lowest BCUT2D eigenvalue weighted by atomic mass is 10.1. The van der Waals surface area contributed by atoms with Crippen LogP contribution in [0.2, 0.25) is 0 Å². The molecule has 1 atom stereocenters. The number of aromatic nitrogens is 3. The van der Waals surface area contributed by atoms with Crippen molar-refractivity contribution in [2.75, 3.05) is 0 Å². The van der Waals surface area contributed by atoms with Crippen LogP contribution in [-0.2, 0) is 0 Å². The maximum absolute atomic E-state index is 13.0. The number of nitrogens with one attached hydrogen (secondary N) is 1. The van der Waals surface area contributed by atoms with Crippen molar-refractivity contribution < 1.29 is 9.53 Å². The molecule has 0 spiro atoms. The van der Waals surface area contributed by atoms with Crippen molar-refractivity contribution in [1.82, 2.24) is 19.9 Å². The zero-order chi connectivity index (χ0) is 19.4. The predicted octanol–water partition coefficient (Wildman–Crippen LogP) is 4.55. The summed E-state index contributed by atoms with van der Waals surface area (Å²) in [4.78, 5) is 13.0. The van der Waals surface area contributed by atoms with Crippen LogP contribution < -0.4 is 10.1 Å². The first-order valence-electron chi connectivity index (χ1n) is 9.06. The fourth-order valence-corrected chi connectivity index (χ4v) is 3.26. The van der Waals surface area contributed by atoms with E-state index in [1.54, 1.807) is 6.07 Å². The minimum absolute atomic E-state index is 0.0299. The van der Waals surface area contributed by atoms with Crippen LogP contribution >= 0.6 is 15.9 Å². The van der Waals surface area contributed by atoms with Crippen LogP contribution in [0.3, 0.4) is 0 Å². The van der Waals surface area contributed by atoms with Crippen molar-refractivity contribution in [3.63, 3.8) is 0 Å². The summed E-state index contributed by atoms with van der Waals surface area (Å²) in [6.07, 6.45) is 3.55. The van der Waals surface area contributed by atoms with Crippen LogP contribution in [0, 0.1) is 0 Å². The third-order valence-corrected chi connectivity index (χ3v) is 4.58. The molecule has 1 aromatic carbocycles. The molecule has 6 nitrogen and oxygen atoms in total. The molecule has 1 unspecified atom stereocenters. The van der Waals surface area contributed by atoms with E-state index >= 15 is 0 Å². The Bertz CT molecular complexity index is 939. The fraction of sp³-hybridized carbons (Fsp3) is 0.350. The number of hydrogen-bond donors (Lipinski definition) is 1. The van der Waals surface area contributed by atoms with Crippen LogP contribution in [0.15, 0.2) is 47.1 Å². The highest BCUT2D eigenvalue weighted by atomic mass is 79.9. The molecule has 0 bridgehead atoms. The summed E-state index contributed by atoms with van der Waals surface area (Å²) in [5.41, 5.74) is 1.26. The normalized spacial score (nSPS) is 12.3. The summed E-state index contributed by atoms with van der Waals surface area (Å²) in [6.45, 7) is 5.95. The second-order valence-electron chi connectivity index (χ2n) is 6.61. The van der Waals surface area contributed by atoms with Gasteiger partial charge in [-0.1, -0.05) is 35.3 Å². The van der Waals surface area contributed by atoms with E-state index < -0.39 is 0 Å². The van der Waals surface area contributed by atoms with Gasteiger partial charge >= 0.3 is 0 Å². The molecule has 0 fully saturated rings. The third-order valence-electron chi connectivity index (χ3n) is 4.09. The number of pyridine rings is 1. The van der Waals surface area contributed by atoms with E-state index in [1.165, 1.54) is 0 Å². The number of amides is 1. The fourth-order valence-electron chi connectivity index (χ4n) is 2.92. The average molecular weight is 431 g/mol. The zero-order valence-corrected chi connectivity index (χ0v) is 17.2. The van der Waals surface area contributed by atoms with Gasteiger partial charge in [0, 0.05) is 10.7 Å². The number of benzene rings is 1. The van der Waals surface area contributed by atoms with E-state index in [0.717, 1.165) is 28.8 Å². The second kappa shape index (κ2) is 8.52. The molecule has 27 heavy (non-hydrogen) atoms. The highest BCUT2D eigenvalue weighted by Gasteiger charge is 2.22. The zero-order valence-electron chi connectivity index (χ0n) is 15.6. The summed E-state index contributed by atoms with van der Waals surface area (Å²) in [7, 11) is 0. The Morgan fingerprint density at radius 3 is 2.81 bits per heavy atom. The van der Waals surface area contributed by atoms with E-state index in [-0.39, 0.29) is 18.1 Å². The van der Waals surface area contributed by atoms with Gasteiger partial charge in [-0.15, -0.1) is 10.2 Å². The van der Waals surface area contributed by atoms with Crippen molar-refractivity contribution >= 4 is 27.5 Å². The molecule has 0 aliphatic rings. The first-order valence-corrected chi connectivity index (χ1v) is 9.85. The molecule has 1 amide bonds. The summed E-state index contributed by atoms with van der Waals surface area (Å²) in [6, 6.07) is 10.9. The molecule has 0 aliphatic heterocycles. The standard InChI is InChI=1S/C20H23BrN4O2/c1-4-7-16(19-24-23-18-8-5-6-11-25(18)19)22-20(26)15-10-9-14(21)12-17(15)27-13(2)3/h5-6,8-13,16H,4,7H2,1-3H3,(H,22,26). The largest absolute Gasteiger partial charge is 0.490 e.